The van der Waals surface area contributed by atoms with E-state index in [0.29, 0.717) is 28.3 Å². The van der Waals surface area contributed by atoms with Crippen LogP contribution >= 0.6 is 33.9 Å². The highest BCUT2D eigenvalue weighted by molar-refractivity contribution is 14.1. The molecule has 8 nitrogen and oxygen atoms in total. The number of ketones is 1. The van der Waals surface area contributed by atoms with Crippen molar-refractivity contribution in [1.29, 1.82) is 0 Å². The Hall–Kier alpha value is -2.05. The van der Waals surface area contributed by atoms with Crippen molar-refractivity contribution in [2.75, 3.05) is 5.32 Å². The fourth-order valence-corrected chi connectivity index (χ4v) is 10.4. The van der Waals surface area contributed by atoms with Gasteiger partial charge in [0.2, 0.25) is 0 Å². The Balaban J connectivity index is 1.37. The largest absolute Gasteiger partial charge is 0.393 e. The Morgan fingerprint density at radius 2 is 2.17 bits per heavy atom. The molecular weight excluding hydrogens is 591 g/mol. The van der Waals surface area contributed by atoms with E-state index in [1.54, 1.807) is 24.4 Å². The summed E-state index contributed by atoms with van der Waals surface area (Å²) >= 11 is 3.48. The average Bonchev–Trinajstić information content (AvgIpc) is 3.34. The number of rotatable bonds is 3. The highest BCUT2D eigenvalue weighted by Crippen LogP contribution is 2.69. The van der Waals surface area contributed by atoms with Crippen molar-refractivity contribution in [1.82, 2.24) is 9.97 Å². The molecule has 0 radical (unpaired) electrons. The zero-order valence-electron chi connectivity index (χ0n) is 20.0. The summed E-state index contributed by atoms with van der Waals surface area (Å²) in [5.74, 6) is -0.395. The molecule has 2 aromatic rings. The number of nitrogens with one attached hydrogen (secondary N) is 1. The molecular formula is C26H27IN4O4S. The molecule has 8 atom stereocenters. The molecule has 2 aromatic heterocycles. The van der Waals surface area contributed by atoms with E-state index in [4.69, 9.17) is 0 Å². The zero-order valence-corrected chi connectivity index (χ0v) is 23.0. The van der Waals surface area contributed by atoms with Gasteiger partial charge < -0.3 is 5.11 Å². The number of nitrogens with zero attached hydrogens (tertiary/aromatic N) is 3. The summed E-state index contributed by atoms with van der Waals surface area (Å²) < 4.78 is -0.325. The van der Waals surface area contributed by atoms with Gasteiger partial charge in [-0.1, -0.05) is 64.6 Å². The van der Waals surface area contributed by atoms with Crippen LogP contribution in [0.15, 0.2) is 47.3 Å². The smallest absolute Gasteiger partial charge is 0.259 e. The Morgan fingerprint density at radius 3 is 2.92 bits per heavy atom. The number of carbonyl (C=O) groups excluding carboxylic acids is 2. The molecule has 6 rings (SSSR count). The van der Waals surface area contributed by atoms with Gasteiger partial charge in [0.05, 0.1) is 6.10 Å². The normalized spacial score (nSPS) is 41.3. The van der Waals surface area contributed by atoms with Crippen molar-refractivity contribution in [2.45, 2.75) is 55.1 Å². The van der Waals surface area contributed by atoms with Gasteiger partial charge in [-0.3, -0.25) is 14.9 Å². The van der Waals surface area contributed by atoms with Crippen LogP contribution in [0.25, 0.3) is 10.3 Å². The molecule has 36 heavy (non-hydrogen) atoms. The number of aliphatic hydroxyl groups is 1. The molecule has 188 valence electrons. The van der Waals surface area contributed by atoms with Gasteiger partial charge in [-0.2, -0.15) is 0 Å². The highest BCUT2D eigenvalue weighted by atomic mass is 127. The highest BCUT2D eigenvalue weighted by Gasteiger charge is 2.73. The van der Waals surface area contributed by atoms with E-state index in [9.17, 15) is 19.6 Å². The number of fused-ring (bicyclic) bond motifs is 6. The number of halogens is 1. The third-order valence-electron chi connectivity index (χ3n) is 9.55. The molecule has 0 aromatic carbocycles. The molecule has 1 amide bonds. The molecule has 2 N–H and O–H groups in total. The van der Waals surface area contributed by atoms with Crippen molar-refractivity contribution >= 4 is 61.1 Å². The molecule has 0 spiro atoms. The fourth-order valence-electron chi connectivity index (χ4n) is 7.92. The van der Waals surface area contributed by atoms with E-state index in [0.717, 1.165) is 18.4 Å². The molecule has 10 heteroatoms. The molecule has 2 heterocycles. The summed E-state index contributed by atoms with van der Waals surface area (Å²) in [7, 11) is 0. The second kappa shape index (κ2) is 8.22. The topological polar surface area (TPSA) is 122 Å². The van der Waals surface area contributed by atoms with E-state index in [1.807, 2.05) is 19.1 Å². The number of nitroso groups, excluding NO2 is 1. The Labute approximate surface area is 226 Å². The quantitative estimate of drug-likeness (QED) is 0.289. The molecule has 4 aliphatic carbocycles. The number of aromatic nitrogens is 2. The van der Waals surface area contributed by atoms with Gasteiger partial charge >= 0.3 is 0 Å². The van der Waals surface area contributed by atoms with Crippen LogP contribution < -0.4 is 5.32 Å². The number of allylic oxidation sites excluding steroid dienone is 4. The van der Waals surface area contributed by atoms with E-state index in [-0.39, 0.29) is 27.5 Å². The van der Waals surface area contributed by atoms with Gasteiger partial charge in [-0.15, -0.1) is 4.91 Å². The SMILES string of the molecule is CC12C=CC(=O)C=C1CCC1C2[C@@H](O)CC2(C)C1C[C@@H](I)[C@]2(N=O)C(=O)Nc1nc2cccnc2s1. The van der Waals surface area contributed by atoms with Crippen LogP contribution in [0.1, 0.15) is 39.5 Å². The van der Waals surface area contributed by atoms with Gasteiger partial charge in [0, 0.05) is 26.9 Å². The lowest BCUT2D eigenvalue weighted by Crippen LogP contribution is -2.62. The number of thiazole rings is 1. The number of aliphatic hydroxyl groups excluding tert-OH is 1. The maximum Gasteiger partial charge on any atom is 0.259 e. The van der Waals surface area contributed by atoms with Gasteiger partial charge in [-0.05, 0) is 61.8 Å². The van der Waals surface area contributed by atoms with Crippen molar-refractivity contribution in [3.05, 3.63) is 47.0 Å². The summed E-state index contributed by atoms with van der Waals surface area (Å²) in [5, 5.41) is 18.5. The third-order valence-corrected chi connectivity index (χ3v) is 11.9. The Bertz CT molecular complexity index is 1330. The minimum Gasteiger partial charge on any atom is -0.393 e. The standard InChI is InChI=1S/C26H27IN4O4S/c1-24-8-7-14(32)10-13(24)5-6-15-16-11-19(27)26(31-35,25(16,2)12-18(33)20(15)24)22(34)30-23-29-17-4-3-9-28-21(17)36-23/h3-4,7-10,15-16,18-20,33H,5-6,11-12H2,1-2H3,(H,29,30,34)/t15?,16?,18-,19+,20?,24?,25?,26-/m0/s1. The first-order valence-electron chi connectivity index (χ1n) is 12.3. The second-order valence-electron chi connectivity index (χ2n) is 11.1. The average molecular weight is 618 g/mol. The Kier molecular flexibility index (Phi) is 5.55. The maximum absolute atomic E-state index is 13.9. The number of hydrogen-bond donors (Lipinski definition) is 2. The minimum atomic E-state index is -1.54. The number of alkyl halides is 1. The van der Waals surface area contributed by atoms with Crippen molar-refractivity contribution in [2.24, 2.45) is 33.8 Å². The molecule has 3 fully saturated rings. The summed E-state index contributed by atoms with van der Waals surface area (Å²) in [6.45, 7) is 4.07. The monoisotopic (exact) mass is 618 g/mol. The van der Waals surface area contributed by atoms with Crippen LogP contribution in [0.5, 0.6) is 0 Å². The predicted molar refractivity (Wildman–Crippen MR) is 146 cm³/mol. The molecule has 0 aliphatic heterocycles. The van der Waals surface area contributed by atoms with Crippen LogP contribution in [0.2, 0.25) is 0 Å². The van der Waals surface area contributed by atoms with E-state index in [1.165, 1.54) is 11.3 Å². The number of hydrogen-bond acceptors (Lipinski definition) is 8. The van der Waals surface area contributed by atoms with E-state index in [2.05, 4.69) is 50.0 Å². The maximum atomic E-state index is 13.9. The van der Waals surface area contributed by atoms with Gasteiger partial charge in [0.25, 0.3) is 5.91 Å². The minimum absolute atomic E-state index is 0.00449. The fraction of sp³-hybridized carbons (Fsp3) is 0.538. The molecule has 0 saturated heterocycles. The van der Waals surface area contributed by atoms with Crippen molar-refractivity contribution < 1.29 is 14.7 Å². The number of anilines is 1. The van der Waals surface area contributed by atoms with Crippen molar-refractivity contribution in [3.8, 4) is 0 Å². The van der Waals surface area contributed by atoms with Gasteiger partial charge in [-0.25, -0.2) is 9.97 Å². The zero-order chi connectivity index (χ0) is 25.5. The summed E-state index contributed by atoms with van der Waals surface area (Å²) in [4.78, 5) is 48.1. The van der Waals surface area contributed by atoms with E-state index < -0.39 is 28.4 Å². The van der Waals surface area contributed by atoms with Crippen LogP contribution in [-0.4, -0.2) is 42.3 Å². The van der Waals surface area contributed by atoms with Crippen LogP contribution in [-0.2, 0) is 9.59 Å². The lowest BCUT2D eigenvalue weighted by atomic mass is 9.46. The molecule has 3 saturated carbocycles. The number of amides is 1. The summed E-state index contributed by atoms with van der Waals surface area (Å²) in [6.07, 6.45) is 8.79. The Morgan fingerprint density at radius 1 is 1.36 bits per heavy atom. The lowest BCUT2D eigenvalue weighted by molar-refractivity contribution is -0.140. The predicted octanol–water partition coefficient (Wildman–Crippen LogP) is 4.83. The van der Waals surface area contributed by atoms with Gasteiger partial charge in [0.1, 0.15) is 10.3 Å². The molecule has 5 unspecified atom stereocenters. The number of pyridine rings is 1. The molecule has 0 bridgehead atoms. The number of carbonyl (C=O) groups is 2. The van der Waals surface area contributed by atoms with Crippen molar-refractivity contribution in [3.63, 3.8) is 0 Å². The van der Waals surface area contributed by atoms with Crippen LogP contribution in [0.3, 0.4) is 0 Å². The van der Waals surface area contributed by atoms with Crippen LogP contribution in [0, 0.1) is 33.5 Å². The first-order valence-corrected chi connectivity index (χ1v) is 14.3. The lowest BCUT2D eigenvalue weighted by Gasteiger charge is -2.59. The second-order valence-corrected chi connectivity index (χ2v) is 13.6. The third kappa shape index (κ3) is 3.13. The first-order chi connectivity index (χ1) is 17.1. The molecule has 4 aliphatic rings. The summed E-state index contributed by atoms with van der Waals surface area (Å²) in [5.41, 5.74) is -1.00. The first kappa shape index (κ1) is 24.3. The van der Waals surface area contributed by atoms with E-state index >= 15 is 0 Å². The van der Waals surface area contributed by atoms with Crippen LogP contribution in [0.4, 0.5) is 5.13 Å². The summed E-state index contributed by atoms with van der Waals surface area (Å²) in [6, 6.07) is 3.61. The van der Waals surface area contributed by atoms with Gasteiger partial charge in [0.15, 0.2) is 16.5 Å².